The third kappa shape index (κ3) is 3.82. The molecule has 0 heterocycles. The van der Waals surface area contributed by atoms with Gasteiger partial charge in [-0.25, -0.2) is 4.79 Å². The molecule has 0 aliphatic rings. The minimum absolute atomic E-state index is 0.151. The van der Waals surface area contributed by atoms with Gasteiger partial charge in [-0.2, -0.15) is 5.26 Å². The van der Waals surface area contributed by atoms with Gasteiger partial charge in [0.05, 0.1) is 13.2 Å². The molecule has 5 nitrogen and oxygen atoms in total. The van der Waals surface area contributed by atoms with Crippen LogP contribution in [0.4, 0.5) is 0 Å². The monoisotopic (exact) mass is 176 g/mol. The number of carbonyl (C=O) groups excluding carboxylic acids is 1. The summed E-state index contributed by atoms with van der Waals surface area (Å²) in [6, 6.07) is 0. The lowest BCUT2D eigenvalue weighted by molar-refractivity contribution is -0.233. The average Bonchev–Trinajstić information content (AvgIpc) is 2.11. The third-order valence-electron chi connectivity index (χ3n) is 0.941. The van der Waals surface area contributed by atoms with Crippen molar-refractivity contribution in [2.24, 2.45) is 0 Å². The van der Waals surface area contributed by atoms with Crippen LogP contribution in [0, 0.1) is 0 Å². The molecule has 0 unspecified atom stereocenters. The first kappa shape index (κ1) is 10.8. The number of hydrogen-bond donors (Lipinski definition) is 1. The lowest BCUT2D eigenvalue weighted by Crippen LogP contribution is -2.09. The molecule has 0 fully saturated rings. The van der Waals surface area contributed by atoms with Crippen LogP contribution in [0.5, 0.6) is 0 Å². The quantitative estimate of drug-likeness (QED) is 0.292. The van der Waals surface area contributed by atoms with Crippen LogP contribution in [0.1, 0.15) is 13.8 Å². The molecular formula is C7H12O5. The van der Waals surface area contributed by atoms with Gasteiger partial charge in [-0.15, -0.1) is 0 Å². The van der Waals surface area contributed by atoms with Crippen molar-refractivity contribution >= 4 is 5.97 Å². The molecule has 5 heteroatoms. The van der Waals surface area contributed by atoms with Crippen LogP contribution in [-0.2, 0) is 19.2 Å². The molecular weight excluding hydrogens is 164 g/mol. The van der Waals surface area contributed by atoms with E-state index in [-0.39, 0.29) is 5.76 Å². The molecule has 0 aliphatic carbocycles. The highest BCUT2D eigenvalue weighted by atomic mass is 17.1. The van der Waals surface area contributed by atoms with Crippen molar-refractivity contribution in [1.82, 2.24) is 0 Å². The van der Waals surface area contributed by atoms with Gasteiger partial charge in [-0.05, 0) is 13.8 Å². The molecule has 0 bridgehead atoms. The highest BCUT2D eigenvalue weighted by molar-refractivity contribution is 5.85. The first-order valence-electron chi connectivity index (χ1n) is 3.56. The summed E-state index contributed by atoms with van der Waals surface area (Å²) in [5, 5.41) is 8.01. The predicted molar refractivity (Wildman–Crippen MR) is 40.1 cm³/mol. The Kier molecular flexibility index (Phi) is 5.81. The Morgan fingerprint density at radius 2 is 2.08 bits per heavy atom. The van der Waals surface area contributed by atoms with E-state index < -0.39 is 5.97 Å². The van der Waals surface area contributed by atoms with E-state index in [0.29, 0.717) is 13.2 Å². The molecule has 0 atom stereocenters. The molecule has 0 saturated carbocycles. The summed E-state index contributed by atoms with van der Waals surface area (Å²) < 4.78 is 9.57. The highest BCUT2D eigenvalue weighted by Crippen LogP contribution is 1.99. The van der Waals surface area contributed by atoms with Crippen molar-refractivity contribution < 1.29 is 24.4 Å². The first-order valence-corrected chi connectivity index (χ1v) is 3.56. The fourth-order valence-corrected chi connectivity index (χ4v) is 0.501. The van der Waals surface area contributed by atoms with E-state index in [0.717, 1.165) is 6.26 Å². The van der Waals surface area contributed by atoms with Gasteiger partial charge in [0.25, 0.3) is 0 Å². The van der Waals surface area contributed by atoms with Crippen molar-refractivity contribution in [2.75, 3.05) is 13.2 Å². The second-order valence-electron chi connectivity index (χ2n) is 1.75. The summed E-state index contributed by atoms with van der Waals surface area (Å²) >= 11 is 0. The van der Waals surface area contributed by atoms with Crippen molar-refractivity contribution in [3.8, 4) is 0 Å². The lowest BCUT2D eigenvalue weighted by atomic mass is 10.5. The maximum atomic E-state index is 10.7. The Bertz CT molecular complexity index is 163. The van der Waals surface area contributed by atoms with Crippen LogP contribution < -0.4 is 0 Å². The average molecular weight is 176 g/mol. The second kappa shape index (κ2) is 6.48. The van der Waals surface area contributed by atoms with Crippen molar-refractivity contribution in [2.45, 2.75) is 13.8 Å². The van der Waals surface area contributed by atoms with Crippen molar-refractivity contribution in [1.29, 1.82) is 0 Å². The van der Waals surface area contributed by atoms with Gasteiger partial charge < -0.3 is 9.47 Å². The maximum absolute atomic E-state index is 10.7. The zero-order valence-corrected chi connectivity index (χ0v) is 7.07. The summed E-state index contributed by atoms with van der Waals surface area (Å²) in [5.41, 5.74) is 0. The van der Waals surface area contributed by atoms with Crippen LogP contribution in [0.25, 0.3) is 0 Å². The van der Waals surface area contributed by atoms with E-state index in [1.165, 1.54) is 0 Å². The Morgan fingerprint density at radius 3 is 2.50 bits per heavy atom. The minimum atomic E-state index is -0.967. The topological polar surface area (TPSA) is 65.0 Å². The number of hydrogen-bond acceptors (Lipinski definition) is 5. The van der Waals surface area contributed by atoms with Crippen LogP contribution in [0.3, 0.4) is 0 Å². The summed E-state index contributed by atoms with van der Waals surface area (Å²) in [6.45, 7) is 4.16. The van der Waals surface area contributed by atoms with Crippen LogP contribution >= 0.6 is 0 Å². The molecule has 1 N–H and O–H groups in total. The zero-order chi connectivity index (χ0) is 9.40. The number of ether oxygens (including phenoxy) is 2. The molecule has 0 aromatic heterocycles. The van der Waals surface area contributed by atoms with E-state index in [2.05, 4.69) is 4.89 Å². The standard InChI is InChI=1S/C7H12O5/c1-3-10-5-6(11-4-2)7(8)12-9/h5,9H,3-4H2,1-2H3. The third-order valence-corrected chi connectivity index (χ3v) is 0.941. The van der Waals surface area contributed by atoms with Gasteiger partial charge in [0, 0.05) is 0 Å². The molecule has 0 amide bonds. The highest BCUT2D eigenvalue weighted by Gasteiger charge is 2.12. The first-order chi connectivity index (χ1) is 5.76. The maximum Gasteiger partial charge on any atom is 0.410 e. The second-order valence-corrected chi connectivity index (χ2v) is 1.75. The van der Waals surface area contributed by atoms with Gasteiger partial charge in [-0.1, -0.05) is 0 Å². The molecule has 0 saturated heterocycles. The molecule has 70 valence electrons. The summed E-state index contributed by atoms with van der Waals surface area (Å²) in [4.78, 5) is 14.1. The molecule has 0 aromatic rings. The minimum Gasteiger partial charge on any atom is -0.497 e. The van der Waals surface area contributed by atoms with E-state index in [9.17, 15) is 4.79 Å². The Balaban J connectivity index is 4.11. The Labute approximate surface area is 70.5 Å². The van der Waals surface area contributed by atoms with E-state index in [1.807, 2.05) is 0 Å². The molecule has 0 aromatic carbocycles. The molecule has 12 heavy (non-hydrogen) atoms. The van der Waals surface area contributed by atoms with E-state index >= 15 is 0 Å². The fraction of sp³-hybridized carbons (Fsp3) is 0.571. The molecule has 0 radical (unpaired) electrons. The van der Waals surface area contributed by atoms with E-state index in [1.54, 1.807) is 13.8 Å². The van der Waals surface area contributed by atoms with Gasteiger partial charge in [0.2, 0.25) is 5.76 Å². The largest absolute Gasteiger partial charge is 0.497 e. The summed E-state index contributed by atoms with van der Waals surface area (Å²) in [6.07, 6.45) is 1.10. The molecule has 0 spiro atoms. The SMILES string of the molecule is CCOC=C(OCC)C(=O)OO. The predicted octanol–water partition coefficient (Wildman–Crippen LogP) is 0.917. The van der Waals surface area contributed by atoms with Crippen molar-refractivity contribution in [3.63, 3.8) is 0 Å². The fourth-order valence-electron chi connectivity index (χ4n) is 0.501. The van der Waals surface area contributed by atoms with Gasteiger partial charge in [0.15, 0.2) is 0 Å². The van der Waals surface area contributed by atoms with Crippen LogP contribution in [0.15, 0.2) is 12.0 Å². The summed E-state index contributed by atoms with van der Waals surface area (Å²) in [7, 11) is 0. The van der Waals surface area contributed by atoms with Gasteiger partial charge in [-0.3, -0.25) is 4.89 Å². The van der Waals surface area contributed by atoms with Crippen LogP contribution in [-0.4, -0.2) is 24.4 Å². The Hall–Kier alpha value is -1.23. The summed E-state index contributed by atoms with van der Waals surface area (Å²) in [5.74, 6) is -1.12. The zero-order valence-electron chi connectivity index (χ0n) is 7.07. The number of carbonyl (C=O) groups is 1. The van der Waals surface area contributed by atoms with Gasteiger partial charge >= 0.3 is 5.97 Å². The van der Waals surface area contributed by atoms with Gasteiger partial charge in [0.1, 0.15) is 6.26 Å². The van der Waals surface area contributed by atoms with Crippen LogP contribution in [0.2, 0.25) is 0 Å². The van der Waals surface area contributed by atoms with Crippen molar-refractivity contribution in [3.05, 3.63) is 12.0 Å². The number of rotatable bonds is 5. The molecule has 0 rings (SSSR count). The lowest BCUT2D eigenvalue weighted by Gasteiger charge is -2.04. The Morgan fingerprint density at radius 1 is 1.42 bits per heavy atom. The molecule has 0 aliphatic heterocycles. The smallest absolute Gasteiger partial charge is 0.410 e. The normalized spacial score (nSPS) is 10.8. The van der Waals surface area contributed by atoms with E-state index in [4.69, 9.17) is 14.7 Å².